The van der Waals surface area contributed by atoms with Crippen molar-refractivity contribution < 1.29 is 80.2 Å². The summed E-state index contributed by atoms with van der Waals surface area (Å²) in [7, 11) is 0. The minimum absolute atomic E-state index is 0.800. The summed E-state index contributed by atoms with van der Waals surface area (Å²) in [4.78, 5) is 0. The Morgan fingerprint density at radius 3 is 1.71 bits per heavy atom. The Balaban J connectivity index is 1.80. The summed E-state index contributed by atoms with van der Waals surface area (Å²) in [6, 6.07) is 0. The Morgan fingerprint density at radius 1 is 0.647 bits per heavy atom. The van der Waals surface area contributed by atoms with Crippen LogP contribution >= 0.6 is 0 Å². The molecule has 0 bridgehead atoms. The lowest BCUT2D eigenvalue weighted by Gasteiger charge is -2.44. The Bertz CT molecular complexity index is 666. The lowest BCUT2D eigenvalue weighted by atomic mass is 9.89. The van der Waals surface area contributed by atoms with Crippen molar-refractivity contribution in [2.45, 2.75) is 91.4 Å². The van der Waals surface area contributed by atoms with Crippen molar-refractivity contribution in [3.05, 3.63) is 0 Å². The molecule has 0 aliphatic carbocycles. The molecule has 16 nitrogen and oxygen atoms in total. The minimum atomic E-state index is -2.58. The third kappa shape index (κ3) is 4.71. The van der Waals surface area contributed by atoms with Gasteiger partial charge in [0.05, 0.1) is 13.2 Å². The van der Waals surface area contributed by atoms with Crippen LogP contribution < -0.4 is 0 Å². The smallest absolute Gasteiger partial charge is 0.224 e. The van der Waals surface area contributed by atoms with Crippen molar-refractivity contribution in [3.8, 4) is 0 Å². The predicted molar refractivity (Wildman–Crippen MR) is 101 cm³/mol. The van der Waals surface area contributed by atoms with E-state index in [1.165, 1.54) is 0 Å². The summed E-state index contributed by atoms with van der Waals surface area (Å²) < 4.78 is 21.1. The van der Waals surface area contributed by atoms with Gasteiger partial charge in [0.25, 0.3) is 0 Å². The monoisotopic (exact) mass is 504 g/mol. The Morgan fingerprint density at radius 2 is 1.18 bits per heavy atom. The van der Waals surface area contributed by atoms with Gasteiger partial charge < -0.3 is 80.2 Å². The molecule has 0 aromatic heterocycles. The normalized spacial score (nSPS) is 53.1. The molecule has 0 amide bonds. The fraction of sp³-hybridized carbons (Fsp3) is 1.00. The molecule has 3 heterocycles. The van der Waals surface area contributed by atoms with E-state index in [1.54, 1.807) is 0 Å². The first kappa shape index (κ1) is 27.9. The SMILES string of the molecule is OC[C@H]1OC(O[C@]2(CO)O[C@H](C(O)[C@H]3O[C@H](CO)[C@@H](O)[C@H](O)[C@H]3O)[C@@H](O)[C@@H]2O)[C@H](O)[C@@H](O)[C@H]1O. The van der Waals surface area contributed by atoms with Crippen molar-refractivity contribution >= 4 is 0 Å². The summed E-state index contributed by atoms with van der Waals surface area (Å²) in [5.74, 6) is -2.58. The van der Waals surface area contributed by atoms with Crippen molar-refractivity contribution in [1.29, 1.82) is 0 Å². The second-order valence-corrected chi connectivity index (χ2v) is 8.59. The Labute approximate surface area is 192 Å². The van der Waals surface area contributed by atoms with Gasteiger partial charge in [-0.2, -0.15) is 0 Å². The highest BCUT2D eigenvalue weighted by Crippen LogP contribution is 2.39. The van der Waals surface area contributed by atoms with Gasteiger partial charge in [-0.3, -0.25) is 0 Å². The number of hydrogen-bond donors (Lipinski definition) is 12. The topological polar surface area (TPSA) is 280 Å². The van der Waals surface area contributed by atoms with E-state index in [1.807, 2.05) is 0 Å². The standard InChI is InChI=1S/C18H32O16/c19-1-4-6(22)8(24)10(26)14(31-4)12(28)15-13(29)16(30)18(3-21,33-15)34-17-11(27)9(25)7(23)5(2-20)32-17/h4-17,19-30H,1-3H2/t4-,5-,6-,7+,8+,9+,10-,11-,12?,13-,14+,15-,16+,17?,18+/m1/s1. The van der Waals surface area contributed by atoms with Gasteiger partial charge in [-0.05, 0) is 0 Å². The molecule has 3 rings (SSSR count). The van der Waals surface area contributed by atoms with E-state index in [4.69, 9.17) is 18.9 Å². The summed E-state index contributed by atoms with van der Waals surface area (Å²) in [5.41, 5.74) is 0. The fourth-order valence-corrected chi connectivity index (χ4v) is 4.31. The van der Waals surface area contributed by atoms with Crippen LogP contribution in [-0.4, -0.2) is 173 Å². The maximum absolute atomic E-state index is 10.7. The molecule has 0 spiro atoms. The third-order valence-corrected chi connectivity index (χ3v) is 6.43. The van der Waals surface area contributed by atoms with E-state index in [9.17, 15) is 61.3 Å². The van der Waals surface area contributed by atoms with Crippen molar-refractivity contribution in [2.75, 3.05) is 19.8 Å². The molecule has 16 heteroatoms. The van der Waals surface area contributed by atoms with Crippen LogP contribution in [0.1, 0.15) is 0 Å². The van der Waals surface area contributed by atoms with E-state index < -0.39 is 111 Å². The molecular formula is C18H32O16. The van der Waals surface area contributed by atoms with Gasteiger partial charge in [0.2, 0.25) is 5.79 Å². The van der Waals surface area contributed by atoms with Gasteiger partial charge >= 0.3 is 0 Å². The highest BCUT2D eigenvalue weighted by molar-refractivity contribution is 5.05. The predicted octanol–water partition coefficient (Wildman–Crippen LogP) is -8.18. The maximum atomic E-state index is 10.7. The van der Waals surface area contributed by atoms with E-state index in [2.05, 4.69) is 0 Å². The number of hydrogen-bond acceptors (Lipinski definition) is 16. The maximum Gasteiger partial charge on any atom is 0.224 e. The zero-order valence-corrected chi connectivity index (χ0v) is 17.7. The minimum Gasteiger partial charge on any atom is -0.394 e. The second kappa shape index (κ2) is 10.8. The number of aliphatic hydroxyl groups excluding tert-OH is 12. The molecule has 200 valence electrons. The summed E-state index contributed by atoms with van der Waals surface area (Å²) in [6.07, 6.45) is -25.5. The molecular weight excluding hydrogens is 472 g/mol. The molecule has 0 aromatic carbocycles. The van der Waals surface area contributed by atoms with Crippen LogP contribution in [0.2, 0.25) is 0 Å². The zero-order chi connectivity index (χ0) is 25.5. The first-order valence-corrected chi connectivity index (χ1v) is 10.6. The summed E-state index contributed by atoms with van der Waals surface area (Å²) >= 11 is 0. The number of rotatable bonds is 7. The van der Waals surface area contributed by atoms with E-state index in [0.717, 1.165) is 0 Å². The number of aliphatic hydroxyl groups is 12. The molecule has 0 radical (unpaired) electrons. The largest absolute Gasteiger partial charge is 0.394 e. The van der Waals surface area contributed by atoms with Crippen molar-refractivity contribution in [1.82, 2.24) is 0 Å². The lowest BCUT2D eigenvalue weighted by molar-refractivity contribution is -0.386. The summed E-state index contributed by atoms with van der Waals surface area (Å²) in [5, 5.41) is 120. The van der Waals surface area contributed by atoms with Crippen molar-refractivity contribution in [3.63, 3.8) is 0 Å². The molecule has 2 unspecified atom stereocenters. The molecule has 15 atom stereocenters. The van der Waals surface area contributed by atoms with Gasteiger partial charge in [-0.1, -0.05) is 0 Å². The zero-order valence-electron chi connectivity index (χ0n) is 17.7. The van der Waals surface area contributed by atoms with Gasteiger partial charge in [0.15, 0.2) is 6.29 Å². The molecule has 12 N–H and O–H groups in total. The highest BCUT2D eigenvalue weighted by atomic mass is 16.8. The van der Waals surface area contributed by atoms with Crippen LogP contribution in [0.4, 0.5) is 0 Å². The van der Waals surface area contributed by atoms with Crippen LogP contribution in [0.15, 0.2) is 0 Å². The van der Waals surface area contributed by atoms with E-state index in [-0.39, 0.29) is 0 Å². The molecule has 0 saturated carbocycles. The average Bonchev–Trinajstić information content (AvgIpc) is 3.08. The van der Waals surface area contributed by atoms with Crippen LogP contribution in [0.25, 0.3) is 0 Å². The van der Waals surface area contributed by atoms with Crippen LogP contribution in [0.5, 0.6) is 0 Å². The van der Waals surface area contributed by atoms with Crippen LogP contribution in [-0.2, 0) is 18.9 Å². The van der Waals surface area contributed by atoms with Gasteiger partial charge in [-0.15, -0.1) is 0 Å². The molecule has 3 aliphatic heterocycles. The Kier molecular flexibility index (Phi) is 8.85. The first-order chi connectivity index (χ1) is 15.9. The van der Waals surface area contributed by atoms with E-state index >= 15 is 0 Å². The quantitative estimate of drug-likeness (QED) is 0.153. The lowest BCUT2D eigenvalue weighted by Crippen LogP contribution is -2.64. The first-order valence-electron chi connectivity index (χ1n) is 10.6. The second-order valence-electron chi connectivity index (χ2n) is 8.59. The van der Waals surface area contributed by atoms with E-state index in [0.29, 0.717) is 0 Å². The molecule has 3 saturated heterocycles. The fourth-order valence-electron chi connectivity index (χ4n) is 4.31. The third-order valence-electron chi connectivity index (χ3n) is 6.43. The highest BCUT2D eigenvalue weighted by Gasteiger charge is 2.62. The molecule has 3 aliphatic rings. The molecule has 34 heavy (non-hydrogen) atoms. The van der Waals surface area contributed by atoms with Crippen LogP contribution in [0.3, 0.4) is 0 Å². The number of ether oxygens (including phenoxy) is 4. The van der Waals surface area contributed by atoms with Crippen molar-refractivity contribution in [2.24, 2.45) is 0 Å². The van der Waals surface area contributed by atoms with Crippen LogP contribution in [0, 0.1) is 0 Å². The Hall–Kier alpha value is -0.640. The van der Waals surface area contributed by atoms with Gasteiger partial charge in [0, 0.05) is 0 Å². The average molecular weight is 504 g/mol. The van der Waals surface area contributed by atoms with Gasteiger partial charge in [0.1, 0.15) is 86.0 Å². The molecule has 0 aromatic rings. The summed E-state index contributed by atoms with van der Waals surface area (Å²) in [6.45, 7) is -2.80. The van der Waals surface area contributed by atoms with Gasteiger partial charge in [-0.25, -0.2) is 0 Å². The molecule has 3 fully saturated rings.